The van der Waals surface area contributed by atoms with Gasteiger partial charge in [0.05, 0.1) is 25.3 Å². The molecule has 2 rings (SSSR count). The van der Waals surface area contributed by atoms with Gasteiger partial charge in [-0.15, -0.1) is 0 Å². The maximum atomic E-state index is 11.6. The standard InChI is InChI=1S/C14H25N3O3S2/c18-12(15-5-6-20-7-8-21)4-2-1-3-11-13-10(9-22-11)16-14(19)17-13/h10-11,13,21H,1-9H2,(H,15,18)(H2,16,17,19)/t10-,11-,13-/m0/s1. The van der Waals surface area contributed by atoms with Crippen molar-refractivity contribution in [3.63, 3.8) is 0 Å². The number of carbonyl (C=O) groups is 2. The second-order valence-electron chi connectivity index (χ2n) is 5.55. The molecule has 3 amide bonds. The summed E-state index contributed by atoms with van der Waals surface area (Å²) in [6.45, 7) is 1.72. The van der Waals surface area contributed by atoms with Crippen LogP contribution in [-0.2, 0) is 9.53 Å². The Morgan fingerprint density at radius 3 is 3.05 bits per heavy atom. The van der Waals surface area contributed by atoms with Gasteiger partial charge in [0, 0.05) is 29.7 Å². The van der Waals surface area contributed by atoms with Gasteiger partial charge in [0.1, 0.15) is 0 Å². The van der Waals surface area contributed by atoms with Crippen LogP contribution in [0, 0.1) is 0 Å². The minimum absolute atomic E-state index is 0.0418. The summed E-state index contributed by atoms with van der Waals surface area (Å²) in [5.41, 5.74) is 0. The molecule has 0 aliphatic carbocycles. The van der Waals surface area contributed by atoms with Crippen LogP contribution in [-0.4, -0.2) is 60.5 Å². The van der Waals surface area contributed by atoms with Crippen molar-refractivity contribution >= 4 is 36.3 Å². The first-order valence-electron chi connectivity index (χ1n) is 7.84. The molecule has 0 bridgehead atoms. The van der Waals surface area contributed by atoms with E-state index in [1.165, 1.54) is 0 Å². The van der Waals surface area contributed by atoms with E-state index in [1.54, 1.807) is 0 Å². The normalized spacial score (nSPS) is 26.4. The molecule has 2 heterocycles. The summed E-state index contributed by atoms with van der Waals surface area (Å²) in [5, 5.41) is 9.26. The number of thioether (sulfide) groups is 1. The lowest BCUT2D eigenvalue weighted by Crippen LogP contribution is -2.36. The Labute approximate surface area is 141 Å². The summed E-state index contributed by atoms with van der Waals surface area (Å²) >= 11 is 5.96. The quantitative estimate of drug-likeness (QED) is 0.267. The van der Waals surface area contributed by atoms with Crippen LogP contribution in [0.15, 0.2) is 0 Å². The van der Waals surface area contributed by atoms with Gasteiger partial charge in [-0.05, 0) is 12.8 Å². The van der Waals surface area contributed by atoms with E-state index < -0.39 is 0 Å². The second-order valence-corrected chi connectivity index (χ2v) is 7.27. The van der Waals surface area contributed by atoms with Gasteiger partial charge in [-0.1, -0.05) is 6.42 Å². The summed E-state index contributed by atoms with van der Waals surface area (Å²) in [4.78, 5) is 22.9. The van der Waals surface area contributed by atoms with Crippen LogP contribution in [0.5, 0.6) is 0 Å². The number of fused-ring (bicyclic) bond motifs is 1. The number of amides is 3. The number of hydrogen-bond acceptors (Lipinski definition) is 5. The lowest BCUT2D eigenvalue weighted by molar-refractivity contribution is -0.121. The van der Waals surface area contributed by atoms with Gasteiger partial charge in [-0.3, -0.25) is 4.79 Å². The van der Waals surface area contributed by atoms with E-state index in [4.69, 9.17) is 4.74 Å². The molecule has 2 fully saturated rings. The van der Waals surface area contributed by atoms with Gasteiger partial charge < -0.3 is 20.7 Å². The molecule has 2 saturated heterocycles. The lowest BCUT2D eigenvalue weighted by Gasteiger charge is -2.16. The van der Waals surface area contributed by atoms with E-state index in [0.717, 1.165) is 25.0 Å². The summed E-state index contributed by atoms with van der Waals surface area (Å²) in [7, 11) is 0. The van der Waals surface area contributed by atoms with Crippen molar-refractivity contribution in [1.29, 1.82) is 0 Å². The van der Waals surface area contributed by atoms with Crippen molar-refractivity contribution in [2.75, 3.05) is 31.3 Å². The van der Waals surface area contributed by atoms with Crippen LogP contribution < -0.4 is 16.0 Å². The number of nitrogens with one attached hydrogen (secondary N) is 3. The number of thiol groups is 1. The molecule has 2 aliphatic rings. The van der Waals surface area contributed by atoms with Crippen LogP contribution in [0.4, 0.5) is 4.79 Å². The monoisotopic (exact) mass is 347 g/mol. The Balaban J connectivity index is 1.49. The number of urea groups is 1. The largest absolute Gasteiger partial charge is 0.379 e. The minimum Gasteiger partial charge on any atom is -0.379 e. The number of carbonyl (C=O) groups excluding carboxylic acids is 2. The molecule has 0 aromatic heterocycles. The van der Waals surface area contributed by atoms with Crippen molar-refractivity contribution in [1.82, 2.24) is 16.0 Å². The zero-order valence-corrected chi connectivity index (χ0v) is 14.4. The highest BCUT2D eigenvalue weighted by molar-refractivity contribution is 8.00. The van der Waals surface area contributed by atoms with Gasteiger partial charge in [0.2, 0.25) is 5.91 Å². The van der Waals surface area contributed by atoms with Crippen LogP contribution in [0.3, 0.4) is 0 Å². The zero-order valence-electron chi connectivity index (χ0n) is 12.7. The van der Waals surface area contributed by atoms with Crippen LogP contribution in [0.1, 0.15) is 25.7 Å². The summed E-state index contributed by atoms with van der Waals surface area (Å²) in [6, 6.07) is 0.498. The zero-order chi connectivity index (χ0) is 15.8. The fraction of sp³-hybridized carbons (Fsp3) is 0.857. The van der Waals surface area contributed by atoms with E-state index >= 15 is 0 Å². The molecule has 126 valence electrons. The van der Waals surface area contributed by atoms with Crippen molar-refractivity contribution in [3.8, 4) is 0 Å². The Bertz CT molecular complexity index is 384. The Hall–Kier alpha value is -0.600. The smallest absolute Gasteiger partial charge is 0.315 e. The lowest BCUT2D eigenvalue weighted by atomic mass is 10.0. The Morgan fingerprint density at radius 1 is 1.36 bits per heavy atom. The maximum absolute atomic E-state index is 11.6. The first kappa shape index (κ1) is 17.7. The molecule has 2 aliphatic heterocycles. The average Bonchev–Trinajstić information content (AvgIpc) is 3.03. The van der Waals surface area contributed by atoms with Crippen molar-refractivity contribution in [2.45, 2.75) is 43.0 Å². The summed E-state index contributed by atoms with van der Waals surface area (Å²) < 4.78 is 5.24. The van der Waals surface area contributed by atoms with Crippen LogP contribution >= 0.6 is 24.4 Å². The van der Waals surface area contributed by atoms with E-state index in [2.05, 4.69) is 28.6 Å². The molecule has 6 nitrogen and oxygen atoms in total. The van der Waals surface area contributed by atoms with E-state index in [-0.39, 0.29) is 24.0 Å². The van der Waals surface area contributed by atoms with Gasteiger partial charge in [0.25, 0.3) is 0 Å². The Kier molecular flexibility index (Phi) is 7.68. The van der Waals surface area contributed by atoms with Crippen LogP contribution in [0.25, 0.3) is 0 Å². The van der Waals surface area contributed by atoms with Gasteiger partial charge in [-0.2, -0.15) is 24.4 Å². The predicted octanol–water partition coefficient (Wildman–Crippen LogP) is 0.775. The molecule has 3 atom stereocenters. The highest BCUT2D eigenvalue weighted by Crippen LogP contribution is 2.33. The summed E-state index contributed by atoms with van der Waals surface area (Å²) in [5.74, 6) is 1.77. The fourth-order valence-corrected chi connectivity index (χ4v) is 4.46. The summed E-state index contributed by atoms with van der Waals surface area (Å²) in [6.07, 6.45) is 3.51. The number of unbranched alkanes of at least 4 members (excludes halogenated alkanes) is 1. The predicted molar refractivity (Wildman–Crippen MR) is 91.6 cm³/mol. The molecular formula is C14H25N3O3S2. The van der Waals surface area contributed by atoms with E-state index in [9.17, 15) is 9.59 Å². The third kappa shape index (κ3) is 5.55. The second kappa shape index (κ2) is 9.52. The molecule has 0 unspecified atom stereocenters. The van der Waals surface area contributed by atoms with Crippen molar-refractivity contribution < 1.29 is 14.3 Å². The SMILES string of the molecule is O=C(CCCC[C@@H]1SC[C@@H]2NC(=O)N[C@@H]21)NCCOCCS. The van der Waals surface area contributed by atoms with Gasteiger partial charge in [0.15, 0.2) is 0 Å². The first-order chi connectivity index (χ1) is 10.7. The molecule has 8 heteroatoms. The third-order valence-corrected chi connectivity index (χ3v) is 5.58. The molecule has 0 spiro atoms. The third-order valence-electron chi connectivity index (χ3n) is 3.88. The Morgan fingerprint density at radius 2 is 2.23 bits per heavy atom. The van der Waals surface area contributed by atoms with Gasteiger partial charge in [-0.25, -0.2) is 4.79 Å². The average molecular weight is 348 g/mol. The molecule has 0 aromatic rings. The van der Waals surface area contributed by atoms with Crippen LogP contribution in [0.2, 0.25) is 0 Å². The highest BCUT2D eigenvalue weighted by atomic mass is 32.2. The maximum Gasteiger partial charge on any atom is 0.315 e. The van der Waals surface area contributed by atoms with Crippen molar-refractivity contribution in [2.24, 2.45) is 0 Å². The molecule has 0 radical (unpaired) electrons. The van der Waals surface area contributed by atoms with E-state index in [0.29, 0.717) is 37.2 Å². The molecular weight excluding hydrogens is 322 g/mol. The topological polar surface area (TPSA) is 79.5 Å². The fourth-order valence-electron chi connectivity index (χ4n) is 2.79. The first-order valence-corrected chi connectivity index (χ1v) is 9.53. The number of hydrogen-bond donors (Lipinski definition) is 4. The molecule has 0 saturated carbocycles. The number of ether oxygens (including phenoxy) is 1. The molecule has 0 aromatic carbocycles. The van der Waals surface area contributed by atoms with E-state index in [1.807, 2.05) is 11.8 Å². The highest BCUT2D eigenvalue weighted by Gasteiger charge is 2.42. The molecule has 3 N–H and O–H groups in total. The minimum atomic E-state index is -0.0418. The molecule has 22 heavy (non-hydrogen) atoms. The number of rotatable bonds is 10. The van der Waals surface area contributed by atoms with Crippen molar-refractivity contribution in [3.05, 3.63) is 0 Å². The van der Waals surface area contributed by atoms with Gasteiger partial charge >= 0.3 is 6.03 Å².